The van der Waals surface area contributed by atoms with Crippen molar-refractivity contribution in [3.05, 3.63) is 35.0 Å². The molecule has 0 saturated heterocycles. The molecule has 2 aromatic rings. The second kappa shape index (κ2) is 5.57. The Morgan fingerprint density at radius 1 is 1.15 bits per heavy atom. The topological polar surface area (TPSA) is 47.1 Å². The quantitative estimate of drug-likeness (QED) is 0.925. The van der Waals surface area contributed by atoms with Gasteiger partial charge in [0.25, 0.3) is 0 Å². The summed E-state index contributed by atoms with van der Waals surface area (Å²) in [7, 11) is 2.05. The smallest absolute Gasteiger partial charge is 0.154 e. The minimum atomic E-state index is 0.764. The third-order valence-corrected chi connectivity index (χ3v) is 3.49. The lowest BCUT2D eigenvalue weighted by Gasteiger charge is -2.22. The third-order valence-electron chi connectivity index (χ3n) is 3.49. The predicted molar refractivity (Wildman–Crippen MR) is 85.6 cm³/mol. The van der Waals surface area contributed by atoms with Gasteiger partial charge in [0.2, 0.25) is 0 Å². The largest absolute Gasteiger partial charge is 0.394 e. The molecule has 0 aliphatic heterocycles. The van der Waals surface area contributed by atoms with E-state index in [4.69, 9.17) is 5.73 Å². The number of hydrogen-bond donors (Lipinski definition) is 1. The number of nitrogen functional groups attached to an aromatic ring is 1. The first-order valence-corrected chi connectivity index (χ1v) is 7.09. The first-order valence-electron chi connectivity index (χ1n) is 7.09. The summed E-state index contributed by atoms with van der Waals surface area (Å²) in [5.41, 5.74) is 11.5. The fourth-order valence-electron chi connectivity index (χ4n) is 2.57. The Balaban J connectivity index is 2.49. The standard InChI is InChI=1S/C16H24N4/c1-6-7-20-16(15(17)13(4)18-20)19(5)14-9-11(2)8-12(3)10-14/h8-10H,6-7,17H2,1-5H3. The zero-order valence-electron chi connectivity index (χ0n) is 13.1. The molecular weight excluding hydrogens is 248 g/mol. The van der Waals surface area contributed by atoms with Crippen molar-refractivity contribution in [2.24, 2.45) is 0 Å². The van der Waals surface area contributed by atoms with Gasteiger partial charge in [0.1, 0.15) is 0 Å². The summed E-state index contributed by atoms with van der Waals surface area (Å²) in [6.45, 7) is 9.21. The van der Waals surface area contributed by atoms with Crippen LogP contribution >= 0.6 is 0 Å². The second-order valence-electron chi connectivity index (χ2n) is 5.45. The Bertz CT molecular complexity index is 593. The molecule has 2 N–H and O–H groups in total. The van der Waals surface area contributed by atoms with Gasteiger partial charge in [-0.3, -0.25) is 0 Å². The van der Waals surface area contributed by atoms with E-state index >= 15 is 0 Å². The second-order valence-corrected chi connectivity index (χ2v) is 5.45. The van der Waals surface area contributed by atoms with Gasteiger partial charge in [-0.1, -0.05) is 13.0 Å². The normalized spacial score (nSPS) is 10.8. The Hall–Kier alpha value is -1.97. The van der Waals surface area contributed by atoms with Gasteiger partial charge < -0.3 is 10.6 Å². The van der Waals surface area contributed by atoms with Crippen LogP contribution in [0.25, 0.3) is 0 Å². The first kappa shape index (κ1) is 14.4. The maximum Gasteiger partial charge on any atom is 0.154 e. The van der Waals surface area contributed by atoms with E-state index in [1.54, 1.807) is 0 Å². The predicted octanol–water partition coefficient (Wildman–Crippen LogP) is 3.57. The zero-order valence-corrected chi connectivity index (χ0v) is 13.1. The van der Waals surface area contributed by atoms with Gasteiger partial charge in [-0.05, 0) is 50.5 Å². The number of rotatable bonds is 4. The van der Waals surface area contributed by atoms with Gasteiger partial charge in [0, 0.05) is 19.3 Å². The fraction of sp³-hybridized carbons (Fsp3) is 0.438. The minimum absolute atomic E-state index is 0.764. The van der Waals surface area contributed by atoms with Crippen LogP contribution in [0.15, 0.2) is 18.2 Å². The molecule has 108 valence electrons. The lowest BCUT2D eigenvalue weighted by molar-refractivity contribution is 0.599. The van der Waals surface area contributed by atoms with Crippen molar-refractivity contribution in [2.75, 3.05) is 17.7 Å². The molecule has 0 fully saturated rings. The van der Waals surface area contributed by atoms with E-state index in [1.807, 2.05) is 18.7 Å². The molecule has 4 nitrogen and oxygen atoms in total. The van der Waals surface area contributed by atoms with Gasteiger partial charge in [-0.2, -0.15) is 5.10 Å². The number of anilines is 3. The summed E-state index contributed by atoms with van der Waals surface area (Å²) in [6.07, 6.45) is 1.04. The zero-order chi connectivity index (χ0) is 14.9. The number of benzene rings is 1. The van der Waals surface area contributed by atoms with Crippen molar-refractivity contribution in [1.29, 1.82) is 0 Å². The van der Waals surface area contributed by atoms with E-state index in [1.165, 1.54) is 11.1 Å². The lowest BCUT2D eigenvalue weighted by Crippen LogP contribution is -2.17. The van der Waals surface area contributed by atoms with E-state index in [-0.39, 0.29) is 0 Å². The van der Waals surface area contributed by atoms with Crippen LogP contribution < -0.4 is 10.6 Å². The summed E-state index contributed by atoms with van der Waals surface area (Å²) in [5, 5.41) is 4.54. The molecular formula is C16H24N4. The average molecular weight is 272 g/mol. The molecule has 1 aromatic carbocycles. The molecule has 0 saturated carbocycles. The third kappa shape index (κ3) is 2.64. The highest BCUT2D eigenvalue weighted by molar-refractivity contribution is 5.73. The van der Waals surface area contributed by atoms with Gasteiger partial charge in [0.05, 0.1) is 11.4 Å². The van der Waals surface area contributed by atoms with Crippen molar-refractivity contribution in [3.8, 4) is 0 Å². The SMILES string of the molecule is CCCn1nc(C)c(N)c1N(C)c1cc(C)cc(C)c1. The molecule has 0 spiro atoms. The van der Waals surface area contributed by atoms with Crippen LogP contribution in [0.1, 0.15) is 30.2 Å². The molecule has 4 heteroatoms. The molecule has 0 radical (unpaired) electrons. The van der Waals surface area contributed by atoms with Crippen LogP contribution in [-0.2, 0) is 6.54 Å². The van der Waals surface area contributed by atoms with E-state index in [2.05, 4.69) is 49.0 Å². The Kier molecular flexibility index (Phi) is 4.02. The highest BCUT2D eigenvalue weighted by Crippen LogP contribution is 2.32. The molecule has 1 aromatic heterocycles. The van der Waals surface area contributed by atoms with Gasteiger partial charge >= 0.3 is 0 Å². The Labute approximate surface area is 121 Å². The molecule has 0 unspecified atom stereocenters. The minimum Gasteiger partial charge on any atom is -0.394 e. The number of nitrogens with two attached hydrogens (primary N) is 1. The summed E-state index contributed by atoms with van der Waals surface area (Å²) >= 11 is 0. The van der Waals surface area contributed by atoms with E-state index < -0.39 is 0 Å². The summed E-state index contributed by atoms with van der Waals surface area (Å²) in [6, 6.07) is 6.52. The van der Waals surface area contributed by atoms with Crippen LogP contribution in [-0.4, -0.2) is 16.8 Å². The first-order chi connectivity index (χ1) is 9.43. The van der Waals surface area contributed by atoms with Crippen LogP contribution in [0, 0.1) is 20.8 Å². The van der Waals surface area contributed by atoms with Crippen molar-refractivity contribution >= 4 is 17.2 Å². The molecule has 0 bridgehead atoms. The maximum atomic E-state index is 6.22. The van der Waals surface area contributed by atoms with Gasteiger partial charge in [-0.15, -0.1) is 0 Å². The molecule has 0 aliphatic rings. The van der Waals surface area contributed by atoms with Gasteiger partial charge in [-0.25, -0.2) is 4.68 Å². The van der Waals surface area contributed by atoms with Crippen LogP contribution in [0.5, 0.6) is 0 Å². The molecule has 0 atom stereocenters. The Morgan fingerprint density at radius 3 is 2.30 bits per heavy atom. The highest BCUT2D eigenvalue weighted by Gasteiger charge is 2.17. The fourth-order valence-corrected chi connectivity index (χ4v) is 2.57. The summed E-state index contributed by atoms with van der Waals surface area (Å²) < 4.78 is 2.00. The number of hydrogen-bond acceptors (Lipinski definition) is 3. The number of aryl methyl sites for hydroxylation is 4. The van der Waals surface area contributed by atoms with Crippen LogP contribution in [0.3, 0.4) is 0 Å². The van der Waals surface area contributed by atoms with E-state index in [9.17, 15) is 0 Å². The molecule has 0 amide bonds. The molecule has 1 heterocycles. The van der Waals surface area contributed by atoms with Crippen molar-refractivity contribution in [1.82, 2.24) is 9.78 Å². The highest BCUT2D eigenvalue weighted by atomic mass is 15.4. The number of nitrogens with zero attached hydrogens (tertiary/aromatic N) is 3. The molecule has 0 aliphatic carbocycles. The molecule has 20 heavy (non-hydrogen) atoms. The monoisotopic (exact) mass is 272 g/mol. The van der Waals surface area contributed by atoms with Crippen LogP contribution in [0.2, 0.25) is 0 Å². The Morgan fingerprint density at radius 2 is 1.75 bits per heavy atom. The average Bonchev–Trinajstić information content (AvgIpc) is 2.63. The van der Waals surface area contributed by atoms with Crippen molar-refractivity contribution < 1.29 is 0 Å². The summed E-state index contributed by atoms with van der Waals surface area (Å²) in [4.78, 5) is 2.13. The molecule has 2 rings (SSSR count). The maximum absolute atomic E-state index is 6.22. The van der Waals surface area contributed by atoms with Crippen LogP contribution in [0.4, 0.5) is 17.2 Å². The summed E-state index contributed by atoms with van der Waals surface area (Å²) in [5.74, 6) is 0.981. The van der Waals surface area contributed by atoms with Gasteiger partial charge in [0.15, 0.2) is 5.82 Å². The van der Waals surface area contributed by atoms with Crippen molar-refractivity contribution in [3.63, 3.8) is 0 Å². The van der Waals surface area contributed by atoms with E-state index in [0.717, 1.165) is 35.9 Å². The number of aromatic nitrogens is 2. The lowest BCUT2D eigenvalue weighted by atomic mass is 10.1. The van der Waals surface area contributed by atoms with Crippen molar-refractivity contribution in [2.45, 2.75) is 40.7 Å². The van der Waals surface area contributed by atoms with E-state index in [0.29, 0.717) is 0 Å².